The van der Waals surface area contributed by atoms with E-state index in [2.05, 4.69) is 0 Å². The fourth-order valence-electron chi connectivity index (χ4n) is 1.68. The molecule has 0 atom stereocenters. The summed E-state index contributed by atoms with van der Waals surface area (Å²) in [5.74, 6) is 5.86. The van der Waals surface area contributed by atoms with Gasteiger partial charge >= 0.3 is 6.18 Å². The van der Waals surface area contributed by atoms with Crippen molar-refractivity contribution in [2.75, 3.05) is 5.01 Å². The number of para-hydroxylation sites is 1. The Hall–Kier alpha value is -1.43. The minimum Gasteiger partial charge on any atom is -0.277 e. The van der Waals surface area contributed by atoms with Crippen LogP contribution in [0.15, 0.2) is 42.5 Å². The van der Waals surface area contributed by atoms with E-state index in [1.165, 1.54) is 0 Å². The van der Waals surface area contributed by atoms with Gasteiger partial charge in [-0.15, -0.1) is 0 Å². The molecule has 0 unspecified atom stereocenters. The summed E-state index contributed by atoms with van der Waals surface area (Å²) in [5.41, 5.74) is -0.249. The lowest BCUT2D eigenvalue weighted by Gasteiger charge is -2.22. The third-order valence-corrected chi connectivity index (χ3v) is 3.20. The van der Waals surface area contributed by atoms with E-state index in [1.54, 1.807) is 30.3 Å². The molecule has 0 aromatic heterocycles. The summed E-state index contributed by atoms with van der Waals surface area (Å²) in [6.07, 6.45) is -4.52. The molecule has 2 N–H and O–H groups in total. The third-order valence-electron chi connectivity index (χ3n) is 2.62. The van der Waals surface area contributed by atoms with Crippen molar-refractivity contribution < 1.29 is 13.2 Å². The molecule has 0 saturated carbocycles. The highest BCUT2D eigenvalue weighted by molar-refractivity contribution is 6.39. The van der Waals surface area contributed by atoms with Crippen LogP contribution in [0, 0.1) is 0 Å². The molecule has 0 radical (unpaired) electrons. The number of nitrogens with two attached hydrogens (primary N) is 1. The molecule has 0 bridgehead atoms. The lowest BCUT2D eigenvalue weighted by molar-refractivity contribution is -0.137. The molecule has 0 aliphatic carbocycles. The molecule has 0 heterocycles. The highest BCUT2D eigenvalue weighted by Gasteiger charge is 2.32. The van der Waals surface area contributed by atoms with Crippen LogP contribution in [-0.2, 0) is 6.18 Å². The van der Waals surface area contributed by atoms with Crippen molar-refractivity contribution >= 4 is 34.6 Å². The number of alkyl halides is 3. The lowest BCUT2D eigenvalue weighted by Crippen LogP contribution is -2.25. The quantitative estimate of drug-likeness (QED) is 0.621. The highest BCUT2D eigenvalue weighted by Crippen LogP contribution is 2.41. The topological polar surface area (TPSA) is 29.3 Å². The number of hydrogen-bond donors (Lipinski definition) is 1. The van der Waals surface area contributed by atoms with Gasteiger partial charge in [-0.2, -0.15) is 13.2 Å². The van der Waals surface area contributed by atoms with Crippen LogP contribution in [0.5, 0.6) is 0 Å². The van der Waals surface area contributed by atoms with Crippen LogP contribution in [0.2, 0.25) is 10.0 Å². The summed E-state index contributed by atoms with van der Waals surface area (Å²) < 4.78 is 37.9. The molecular formula is C13H9Cl2F3N2. The van der Waals surface area contributed by atoms with Crippen molar-refractivity contribution in [1.82, 2.24) is 0 Å². The zero-order valence-corrected chi connectivity index (χ0v) is 11.5. The van der Waals surface area contributed by atoms with Gasteiger partial charge in [0.05, 0.1) is 27.0 Å². The Balaban J connectivity index is 2.49. The maximum atomic E-state index is 12.6. The molecule has 20 heavy (non-hydrogen) atoms. The normalized spacial score (nSPS) is 11.5. The molecule has 2 nitrogen and oxygen atoms in total. The van der Waals surface area contributed by atoms with E-state index < -0.39 is 11.7 Å². The van der Waals surface area contributed by atoms with Crippen LogP contribution in [0.25, 0.3) is 0 Å². The zero-order valence-electron chi connectivity index (χ0n) is 9.96. The Bertz CT molecular complexity index is 592. The number of benzene rings is 2. The lowest BCUT2D eigenvalue weighted by atomic mass is 10.2. The molecule has 0 saturated heterocycles. The standard InChI is InChI=1S/C13H9Cl2F3N2/c14-10-6-8(13(16,17)18)7-11(15)12(10)20(19)9-4-2-1-3-5-9/h1-7H,19H2. The SMILES string of the molecule is NN(c1ccccc1)c1c(Cl)cc(C(F)(F)F)cc1Cl. The van der Waals surface area contributed by atoms with Crippen LogP contribution in [-0.4, -0.2) is 0 Å². The molecule has 0 fully saturated rings. The van der Waals surface area contributed by atoms with Crippen molar-refractivity contribution in [1.29, 1.82) is 0 Å². The molecular weight excluding hydrogens is 312 g/mol. The average molecular weight is 321 g/mol. The Kier molecular flexibility index (Phi) is 4.13. The van der Waals surface area contributed by atoms with Crippen LogP contribution in [0.4, 0.5) is 24.5 Å². The maximum absolute atomic E-state index is 12.6. The van der Waals surface area contributed by atoms with E-state index in [-0.39, 0.29) is 15.7 Å². The van der Waals surface area contributed by atoms with E-state index in [9.17, 15) is 13.2 Å². The number of hydrogen-bond acceptors (Lipinski definition) is 2. The van der Waals surface area contributed by atoms with Crippen LogP contribution >= 0.6 is 23.2 Å². The molecule has 0 aliphatic heterocycles. The van der Waals surface area contributed by atoms with Gasteiger partial charge in [-0.25, -0.2) is 5.84 Å². The number of nitrogens with zero attached hydrogens (tertiary/aromatic N) is 1. The van der Waals surface area contributed by atoms with E-state index in [0.717, 1.165) is 17.1 Å². The summed E-state index contributed by atoms with van der Waals surface area (Å²) in [5, 5.41) is 0.803. The van der Waals surface area contributed by atoms with Crippen LogP contribution in [0.1, 0.15) is 5.56 Å². The van der Waals surface area contributed by atoms with Gasteiger partial charge < -0.3 is 0 Å². The molecule has 2 aromatic rings. The number of anilines is 2. The predicted octanol–water partition coefficient (Wildman–Crippen LogP) is 5.02. The third kappa shape index (κ3) is 3.00. The first-order valence-corrected chi connectivity index (χ1v) is 6.22. The van der Waals surface area contributed by atoms with E-state index in [0.29, 0.717) is 5.69 Å². The molecule has 2 rings (SSSR count). The molecule has 2 aromatic carbocycles. The van der Waals surface area contributed by atoms with Crippen LogP contribution in [0.3, 0.4) is 0 Å². The number of hydrazine groups is 1. The molecule has 0 aliphatic rings. The number of halogens is 5. The van der Waals surface area contributed by atoms with Crippen LogP contribution < -0.4 is 10.9 Å². The molecule has 7 heteroatoms. The summed E-state index contributed by atoms with van der Waals surface area (Å²) in [6.45, 7) is 0. The zero-order chi connectivity index (χ0) is 14.9. The smallest absolute Gasteiger partial charge is 0.277 e. The van der Waals surface area contributed by atoms with Gasteiger partial charge in [-0.05, 0) is 24.3 Å². The first-order chi connectivity index (χ1) is 9.30. The second kappa shape index (κ2) is 5.52. The monoisotopic (exact) mass is 320 g/mol. The van der Waals surface area contributed by atoms with Crippen molar-refractivity contribution in [3.8, 4) is 0 Å². The predicted molar refractivity (Wildman–Crippen MR) is 74.2 cm³/mol. The first kappa shape index (κ1) is 15.0. The Labute approximate surface area is 123 Å². The Morgan fingerprint density at radius 1 is 0.950 bits per heavy atom. The maximum Gasteiger partial charge on any atom is 0.416 e. The van der Waals surface area contributed by atoms with Gasteiger partial charge in [-0.1, -0.05) is 41.4 Å². The van der Waals surface area contributed by atoms with Crippen molar-refractivity contribution in [3.63, 3.8) is 0 Å². The second-order valence-electron chi connectivity index (χ2n) is 3.99. The average Bonchev–Trinajstić information content (AvgIpc) is 2.37. The van der Waals surface area contributed by atoms with Crippen molar-refractivity contribution in [2.45, 2.75) is 6.18 Å². The summed E-state index contributed by atoms with van der Waals surface area (Å²) in [6, 6.07) is 10.2. The van der Waals surface area contributed by atoms with Gasteiger partial charge in [0, 0.05) is 0 Å². The summed E-state index contributed by atoms with van der Waals surface area (Å²) in [7, 11) is 0. The van der Waals surface area contributed by atoms with Gasteiger partial charge in [0.2, 0.25) is 0 Å². The van der Waals surface area contributed by atoms with Gasteiger partial charge in [0.25, 0.3) is 0 Å². The largest absolute Gasteiger partial charge is 0.416 e. The van der Waals surface area contributed by atoms with Gasteiger partial charge in [-0.3, -0.25) is 5.01 Å². The molecule has 106 valence electrons. The minimum absolute atomic E-state index is 0.118. The van der Waals surface area contributed by atoms with Gasteiger partial charge in [0.15, 0.2) is 0 Å². The van der Waals surface area contributed by atoms with E-state index in [4.69, 9.17) is 29.0 Å². The molecule has 0 amide bonds. The summed E-state index contributed by atoms with van der Waals surface area (Å²) in [4.78, 5) is 0. The second-order valence-corrected chi connectivity index (χ2v) is 4.81. The van der Waals surface area contributed by atoms with E-state index >= 15 is 0 Å². The van der Waals surface area contributed by atoms with Gasteiger partial charge in [0.1, 0.15) is 0 Å². The first-order valence-electron chi connectivity index (χ1n) is 5.47. The Morgan fingerprint density at radius 3 is 1.90 bits per heavy atom. The fraction of sp³-hybridized carbons (Fsp3) is 0.0769. The Morgan fingerprint density at radius 2 is 1.45 bits per heavy atom. The van der Waals surface area contributed by atoms with E-state index in [1.807, 2.05) is 0 Å². The van der Waals surface area contributed by atoms with Crippen molar-refractivity contribution in [3.05, 3.63) is 58.1 Å². The highest BCUT2D eigenvalue weighted by atomic mass is 35.5. The van der Waals surface area contributed by atoms with Crippen molar-refractivity contribution in [2.24, 2.45) is 5.84 Å². The molecule has 0 spiro atoms. The summed E-state index contributed by atoms with van der Waals surface area (Å²) >= 11 is 11.8. The fourth-order valence-corrected chi connectivity index (χ4v) is 2.35. The minimum atomic E-state index is -4.52. The number of rotatable bonds is 2.